The van der Waals surface area contributed by atoms with E-state index < -0.39 is 0 Å². The van der Waals surface area contributed by atoms with Crippen LogP contribution in [0.25, 0.3) is 0 Å². The number of carbonyl (C=O) groups is 1. The van der Waals surface area contributed by atoms with Crippen molar-refractivity contribution < 1.29 is 14.4 Å². The molecule has 1 atom stereocenters. The fourth-order valence-corrected chi connectivity index (χ4v) is 5.59. The van der Waals surface area contributed by atoms with Gasteiger partial charge in [-0.15, -0.1) is 11.3 Å². The van der Waals surface area contributed by atoms with Gasteiger partial charge in [0.1, 0.15) is 16.8 Å². The van der Waals surface area contributed by atoms with Crippen LogP contribution in [0.1, 0.15) is 57.7 Å². The molecule has 0 spiro atoms. The van der Waals surface area contributed by atoms with E-state index in [0.717, 1.165) is 23.8 Å². The molecule has 1 amide bonds. The minimum absolute atomic E-state index is 0.0510. The van der Waals surface area contributed by atoms with Crippen LogP contribution in [0.4, 0.5) is 5.00 Å². The van der Waals surface area contributed by atoms with Crippen LogP contribution in [0.2, 0.25) is 0 Å². The van der Waals surface area contributed by atoms with Crippen LogP contribution < -0.4 is 15.0 Å². The van der Waals surface area contributed by atoms with Gasteiger partial charge in [-0.25, -0.2) is 0 Å². The van der Waals surface area contributed by atoms with Crippen molar-refractivity contribution in [2.45, 2.75) is 39.7 Å². The van der Waals surface area contributed by atoms with E-state index in [0.29, 0.717) is 12.2 Å². The molecule has 5 heteroatoms. The maximum atomic E-state index is 13.0. The Bertz CT molecular complexity index is 1020. The Morgan fingerprint density at radius 3 is 2.39 bits per heavy atom. The average Bonchev–Trinajstić information content (AvgIpc) is 3.41. The number of nitrogens with one attached hydrogen (secondary N) is 2. The molecule has 3 aromatic rings. The van der Waals surface area contributed by atoms with E-state index >= 15 is 0 Å². The Morgan fingerprint density at radius 1 is 1.06 bits per heavy atom. The number of hydrogen-bond acceptors (Lipinski definition) is 3. The molecule has 0 saturated carbocycles. The molecule has 0 aliphatic carbocycles. The second-order valence-corrected chi connectivity index (χ2v) is 9.37. The summed E-state index contributed by atoms with van der Waals surface area (Å²) in [6, 6.07) is 18.2. The summed E-state index contributed by atoms with van der Waals surface area (Å²) in [5.41, 5.74) is 4.50. The number of aryl methyl sites for hydroxylation is 1. The lowest BCUT2D eigenvalue weighted by Crippen LogP contribution is -3.10. The van der Waals surface area contributed by atoms with Crippen molar-refractivity contribution >= 4 is 22.2 Å². The molecule has 1 aliphatic rings. The molecular formula is C26H31N2O2S+. The zero-order valence-electron chi connectivity index (χ0n) is 18.5. The average molecular weight is 436 g/mol. The molecule has 0 radical (unpaired) electrons. The van der Waals surface area contributed by atoms with E-state index in [1.165, 1.54) is 34.4 Å². The fourth-order valence-electron chi connectivity index (χ4n) is 4.50. The summed E-state index contributed by atoms with van der Waals surface area (Å²) in [6.07, 6.45) is 2.49. The van der Waals surface area contributed by atoms with Gasteiger partial charge in [0.15, 0.2) is 0 Å². The second kappa shape index (κ2) is 9.67. The van der Waals surface area contributed by atoms with Gasteiger partial charge in [-0.1, -0.05) is 18.2 Å². The van der Waals surface area contributed by atoms with E-state index in [9.17, 15) is 4.79 Å². The first kappa shape index (κ1) is 21.6. The van der Waals surface area contributed by atoms with Crippen molar-refractivity contribution in [2.24, 2.45) is 0 Å². The number of rotatable bonds is 7. The van der Waals surface area contributed by atoms with Gasteiger partial charge >= 0.3 is 0 Å². The Hall–Kier alpha value is -2.63. The van der Waals surface area contributed by atoms with Crippen LogP contribution in [0.3, 0.4) is 0 Å². The molecule has 1 aromatic heterocycles. The molecule has 0 unspecified atom stereocenters. The van der Waals surface area contributed by atoms with E-state index in [2.05, 4.69) is 43.4 Å². The van der Waals surface area contributed by atoms with Crippen molar-refractivity contribution in [2.75, 3.05) is 25.0 Å². The highest BCUT2D eigenvalue weighted by atomic mass is 32.1. The SMILES string of the molecule is CCOc1ccc([C@H](c2c(NC(=O)c3ccccc3)sc(C)c2C)[NH+]2CCCC2)cc1. The van der Waals surface area contributed by atoms with Gasteiger partial charge in [0, 0.05) is 28.8 Å². The van der Waals surface area contributed by atoms with Crippen LogP contribution in [0, 0.1) is 13.8 Å². The van der Waals surface area contributed by atoms with Crippen molar-refractivity contribution in [1.82, 2.24) is 0 Å². The van der Waals surface area contributed by atoms with E-state index in [4.69, 9.17) is 4.74 Å². The van der Waals surface area contributed by atoms with E-state index in [1.807, 2.05) is 37.3 Å². The third-order valence-electron chi connectivity index (χ3n) is 6.16. The monoisotopic (exact) mass is 435 g/mol. The van der Waals surface area contributed by atoms with Crippen LogP contribution in [-0.4, -0.2) is 25.6 Å². The van der Waals surface area contributed by atoms with Gasteiger partial charge in [-0.3, -0.25) is 4.79 Å². The number of thiophene rings is 1. The van der Waals surface area contributed by atoms with E-state index in [-0.39, 0.29) is 11.9 Å². The summed E-state index contributed by atoms with van der Waals surface area (Å²) < 4.78 is 5.66. The van der Waals surface area contributed by atoms with Gasteiger partial charge in [0.2, 0.25) is 0 Å². The fraction of sp³-hybridized carbons (Fsp3) is 0.346. The molecule has 4 rings (SSSR count). The van der Waals surface area contributed by atoms with Crippen LogP contribution in [0.5, 0.6) is 5.75 Å². The molecule has 1 saturated heterocycles. The first-order valence-electron chi connectivity index (χ1n) is 11.1. The maximum Gasteiger partial charge on any atom is 0.256 e. The highest BCUT2D eigenvalue weighted by molar-refractivity contribution is 7.16. The summed E-state index contributed by atoms with van der Waals surface area (Å²) in [7, 11) is 0. The summed E-state index contributed by atoms with van der Waals surface area (Å²) in [5.74, 6) is 0.849. The zero-order valence-corrected chi connectivity index (χ0v) is 19.4. The van der Waals surface area contributed by atoms with E-state index in [1.54, 1.807) is 16.2 Å². The summed E-state index contributed by atoms with van der Waals surface area (Å²) >= 11 is 1.69. The Labute approximate surface area is 188 Å². The van der Waals surface area contributed by atoms with Gasteiger partial charge < -0.3 is 15.0 Å². The number of ether oxygens (including phenoxy) is 1. The first-order valence-corrected chi connectivity index (χ1v) is 11.9. The third-order valence-corrected chi connectivity index (χ3v) is 7.30. The molecule has 1 aliphatic heterocycles. The zero-order chi connectivity index (χ0) is 21.8. The predicted octanol–water partition coefficient (Wildman–Crippen LogP) is 4.78. The third kappa shape index (κ3) is 4.68. The number of hydrogen-bond donors (Lipinski definition) is 2. The van der Waals surface area contributed by atoms with Crippen molar-refractivity contribution in [3.05, 3.63) is 81.7 Å². The van der Waals surface area contributed by atoms with Gasteiger partial charge in [-0.05, 0) is 62.7 Å². The first-order chi connectivity index (χ1) is 15.1. The standard InChI is InChI=1S/C26H30N2O2S/c1-4-30-22-14-12-20(13-15-22)24(28-16-8-9-17-28)23-18(2)19(3)31-26(23)27-25(29)21-10-6-5-7-11-21/h5-7,10-15,24H,4,8-9,16-17H2,1-3H3,(H,27,29)/p+1/t24-/m1/s1. The Kier molecular flexibility index (Phi) is 6.73. The molecular weight excluding hydrogens is 404 g/mol. The number of likely N-dealkylation sites (tertiary alicyclic amines) is 1. The molecule has 4 nitrogen and oxygen atoms in total. The maximum absolute atomic E-state index is 13.0. The summed E-state index contributed by atoms with van der Waals surface area (Å²) in [4.78, 5) is 15.8. The molecule has 31 heavy (non-hydrogen) atoms. The number of benzene rings is 2. The van der Waals surface area contributed by atoms with Gasteiger partial charge in [0.05, 0.1) is 25.3 Å². The molecule has 162 valence electrons. The Morgan fingerprint density at radius 2 is 1.74 bits per heavy atom. The number of carbonyl (C=O) groups excluding carboxylic acids is 1. The number of anilines is 1. The van der Waals surface area contributed by atoms with Crippen molar-refractivity contribution in [1.29, 1.82) is 0 Å². The molecule has 2 N–H and O–H groups in total. The summed E-state index contributed by atoms with van der Waals surface area (Å²) in [5, 5.41) is 4.21. The minimum Gasteiger partial charge on any atom is -0.494 e. The lowest BCUT2D eigenvalue weighted by Gasteiger charge is -2.27. The lowest BCUT2D eigenvalue weighted by molar-refractivity contribution is -0.913. The highest BCUT2D eigenvalue weighted by Gasteiger charge is 2.34. The minimum atomic E-state index is -0.0510. The molecule has 2 heterocycles. The normalized spacial score (nSPS) is 15.1. The van der Waals surface area contributed by atoms with Gasteiger partial charge in [-0.2, -0.15) is 0 Å². The smallest absolute Gasteiger partial charge is 0.256 e. The largest absolute Gasteiger partial charge is 0.494 e. The van der Waals surface area contributed by atoms with Crippen LogP contribution >= 0.6 is 11.3 Å². The Balaban J connectivity index is 1.73. The number of quaternary nitrogens is 1. The summed E-state index contributed by atoms with van der Waals surface area (Å²) in [6.45, 7) is 9.31. The second-order valence-electron chi connectivity index (χ2n) is 8.15. The molecule has 2 aromatic carbocycles. The van der Waals surface area contributed by atoms with Crippen molar-refractivity contribution in [3.63, 3.8) is 0 Å². The lowest BCUT2D eigenvalue weighted by atomic mass is 9.95. The highest BCUT2D eigenvalue weighted by Crippen LogP contribution is 2.39. The predicted molar refractivity (Wildman–Crippen MR) is 128 cm³/mol. The molecule has 1 fully saturated rings. The van der Waals surface area contributed by atoms with Crippen molar-refractivity contribution in [3.8, 4) is 5.75 Å². The quantitative estimate of drug-likeness (QED) is 0.561. The van der Waals surface area contributed by atoms with Crippen LogP contribution in [0.15, 0.2) is 54.6 Å². The van der Waals surface area contributed by atoms with Gasteiger partial charge in [0.25, 0.3) is 5.91 Å². The molecule has 0 bridgehead atoms. The van der Waals surface area contributed by atoms with Crippen LogP contribution in [-0.2, 0) is 0 Å². The topological polar surface area (TPSA) is 42.8 Å². The number of amides is 1.